The van der Waals surface area contributed by atoms with Gasteiger partial charge >= 0.3 is 0 Å². The van der Waals surface area contributed by atoms with Crippen molar-refractivity contribution in [3.05, 3.63) is 0 Å². The molecule has 1 heterocycles. The summed E-state index contributed by atoms with van der Waals surface area (Å²) in [6.07, 6.45) is 0. The van der Waals surface area contributed by atoms with Crippen molar-refractivity contribution in [3.63, 3.8) is 0 Å². The van der Waals surface area contributed by atoms with Crippen LogP contribution in [0.4, 0.5) is 0 Å². The Hall–Kier alpha value is -0.230. The van der Waals surface area contributed by atoms with E-state index in [0.29, 0.717) is 6.54 Å². The Bertz CT molecular complexity index is 73.8. The van der Waals surface area contributed by atoms with Crippen molar-refractivity contribution in [3.8, 4) is 0 Å². The number of rotatable bonds is 0. The van der Waals surface area contributed by atoms with Gasteiger partial charge in [-0.3, -0.25) is 5.43 Å². The van der Waals surface area contributed by atoms with Gasteiger partial charge in [-0.05, 0) is 0 Å². The van der Waals surface area contributed by atoms with Crippen LogP contribution in [0, 0.1) is 0 Å². The third-order valence-corrected chi connectivity index (χ3v) is 0.848. The van der Waals surface area contributed by atoms with Crippen LogP contribution in [0.1, 0.15) is 0 Å². The molecule has 0 unspecified atom stereocenters. The first-order valence-electron chi connectivity index (χ1n) is 1.91. The molecule has 1 aliphatic rings. The van der Waals surface area contributed by atoms with Crippen LogP contribution in [-0.2, 0) is 0 Å². The molecular weight excluding hydrogens is 112 g/mol. The lowest BCUT2D eigenvalue weighted by molar-refractivity contribution is 0.404. The van der Waals surface area contributed by atoms with Crippen LogP contribution in [0.25, 0.3) is 0 Å². The highest BCUT2D eigenvalue weighted by Gasteiger charge is 1.96. The van der Waals surface area contributed by atoms with Gasteiger partial charge in [-0.1, -0.05) is 12.2 Å². The summed E-state index contributed by atoms with van der Waals surface area (Å²) in [5.74, 6) is 0. The molecule has 0 amide bonds. The van der Waals surface area contributed by atoms with E-state index >= 15 is 0 Å². The van der Waals surface area contributed by atoms with E-state index in [1.807, 2.05) is 0 Å². The van der Waals surface area contributed by atoms with Crippen molar-refractivity contribution >= 4 is 17.2 Å². The maximum atomic E-state index is 4.73. The van der Waals surface area contributed by atoms with Gasteiger partial charge in [0.1, 0.15) is 4.99 Å². The molecule has 1 aliphatic heterocycles. The highest BCUT2D eigenvalue weighted by atomic mass is 32.1. The standard InChI is InChI=1S/C2H6N4S/c7-2-1-3-5-6-4-2/h3,5-6H,1H2,(H,4,7). The maximum Gasteiger partial charge on any atom is 0.106 e. The minimum absolute atomic E-state index is 0.683. The lowest BCUT2D eigenvalue weighted by Crippen LogP contribution is -2.60. The average molecular weight is 118 g/mol. The van der Waals surface area contributed by atoms with Gasteiger partial charge in [0.2, 0.25) is 0 Å². The maximum absolute atomic E-state index is 4.73. The first-order valence-corrected chi connectivity index (χ1v) is 2.32. The predicted molar refractivity (Wildman–Crippen MR) is 30.0 cm³/mol. The van der Waals surface area contributed by atoms with Crippen molar-refractivity contribution in [2.24, 2.45) is 0 Å². The van der Waals surface area contributed by atoms with Gasteiger partial charge in [0.15, 0.2) is 0 Å². The molecule has 1 saturated heterocycles. The van der Waals surface area contributed by atoms with Gasteiger partial charge in [0.25, 0.3) is 0 Å². The van der Waals surface area contributed by atoms with Gasteiger partial charge in [-0.2, -0.15) is 11.1 Å². The molecule has 0 bridgehead atoms. The zero-order valence-corrected chi connectivity index (χ0v) is 4.43. The summed E-state index contributed by atoms with van der Waals surface area (Å²) in [5.41, 5.74) is 10.7. The summed E-state index contributed by atoms with van der Waals surface area (Å²) in [6, 6.07) is 0. The predicted octanol–water partition coefficient (Wildman–Crippen LogP) is -1.57. The second-order valence-electron chi connectivity index (χ2n) is 1.15. The Kier molecular flexibility index (Phi) is 1.53. The normalized spacial score (nSPS) is 21.4. The number of hydrazine groups is 3. The molecule has 0 aromatic rings. The Balaban J connectivity index is 2.25. The summed E-state index contributed by atoms with van der Waals surface area (Å²) in [4.78, 5) is 0.763. The molecule has 0 spiro atoms. The Morgan fingerprint density at radius 1 is 1.43 bits per heavy atom. The van der Waals surface area contributed by atoms with E-state index in [1.165, 1.54) is 0 Å². The summed E-state index contributed by atoms with van der Waals surface area (Å²) in [7, 11) is 0. The van der Waals surface area contributed by atoms with Crippen LogP contribution in [0.15, 0.2) is 0 Å². The van der Waals surface area contributed by atoms with Crippen LogP contribution < -0.4 is 21.9 Å². The van der Waals surface area contributed by atoms with Crippen molar-refractivity contribution in [1.82, 2.24) is 21.9 Å². The average Bonchev–Trinajstić information content (AvgIpc) is 1.69. The molecule has 0 aromatic carbocycles. The molecule has 7 heavy (non-hydrogen) atoms. The summed E-state index contributed by atoms with van der Waals surface area (Å²) in [5, 5.41) is 0. The topological polar surface area (TPSA) is 48.1 Å². The van der Waals surface area contributed by atoms with Gasteiger partial charge in [-0.15, -0.1) is 0 Å². The van der Waals surface area contributed by atoms with E-state index in [2.05, 4.69) is 21.9 Å². The fourth-order valence-corrected chi connectivity index (χ4v) is 0.437. The molecule has 4 N–H and O–H groups in total. The molecule has 0 atom stereocenters. The number of hydrogen-bond donors (Lipinski definition) is 4. The lowest BCUT2D eigenvalue weighted by Gasteiger charge is -2.16. The fourth-order valence-electron chi connectivity index (χ4n) is 0.314. The zero-order chi connectivity index (χ0) is 5.11. The minimum atomic E-state index is 0.683. The molecule has 5 heteroatoms. The number of thiocarbonyl (C=S) groups is 1. The van der Waals surface area contributed by atoms with Crippen LogP contribution in [0.5, 0.6) is 0 Å². The van der Waals surface area contributed by atoms with Gasteiger partial charge in [0.05, 0.1) is 6.54 Å². The molecule has 1 fully saturated rings. The van der Waals surface area contributed by atoms with E-state index in [0.717, 1.165) is 4.99 Å². The number of nitrogens with one attached hydrogen (secondary N) is 4. The van der Waals surface area contributed by atoms with E-state index in [1.54, 1.807) is 0 Å². The molecular formula is C2H6N4S. The SMILES string of the molecule is S=C1CNNNN1. The molecule has 1 rings (SSSR count). The van der Waals surface area contributed by atoms with Crippen molar-refractivity contribution in [2.75, 3.05) is 6.54 Å². The Morgan fingerprint density at radius 2 is 2.29 bits per heavy atom. The van der Waals surface area contributed by atoms with Crippen LogP contribution in [0.3, 0.4) is 0 Å². The highest BCUT2D eigenvalue weighted by molar-refractivity contribution is 7.80. The molecule has 0 aliphatic carbocycles. The summed E-state index contributed by atoms with van der Waals surface area (Å²) < 4.78 is 0. The molecule has 0 radical (unpaired) electrons. The van der Waals surface area contributed by atoms with Crippen LogP contribution in [0.2, 0.25) is 0 Å². The van der Waals surface area contributed by atoms with Gasteiger partial charge < -0.3 is 0 Å². The zero-order valence-electron chi connectivity index (χ0n) is 3.62. The van der Waals surface area contributed by atoms with Crippen molar-refractivity contribution in [2.45, 2.75) is 0 Å². The first-order chi connectivity index (χ1) is 3.39. The largest absolute Gasteiger partial charge is 0.300 e. The summed E-state index contributed by atoms with van der Waals surface area (Å²) >= 11 is 4.73. The third kappa shape index (κ3) is 1.36. The quantitative estimate of drug-likeness (QED) is 0.290. The minimum Gasteiger partial charge on any atom is -0.300 e. The van der Waals surface area contributed by atoms with E-state index < -0.39 is 0 Å². The van der Waals surface area contributed by atoms with Crippen LogP contribution in [-0.4, -0.2) is 11.5 Å². The van der Waals surface area contributed by atoms with Crippen LogP contribution >= 0.6 is 12.2 Å². The third-order valence-electron chi connectivity index (χ3n) is 0.602. The highest BCUT2D eigenvalue weighted by Crippen LogP contribution is 1.65. The lowest BCUT2D eigenvalue weighted by atomic mass is 10.7. The van der Waals surface area contributed by atoms with E-state index in [9.17, 15) is 0 Å². The second kappa shape index (κ2) is 2.17. The summed E-state index contributed by atoms with van der Waals surface area (Å²) in [6.45, 7) is 0.683. The molecule has 40 valence electrons. The van der Waals surface area contributed by atoms with E-state index in [-0.39, 0.29) is 0 Å². The molecule has 0 aromatic heterocycles. The van der Waals surface area contributed by atoms with Crippen molar-refractivity contribution < 1.29 is 0 Å². The van der Waals surface area contributed by atoms with E-state index in [4.69, 9.17) is 12.2 Å². The monoisotopic (exact) mass is 118 g/mol. The molecule has 0 saturated carbocycles. The smallest absolute Gasteiger partial charge is 0.106 e. The molecule has 4 nitrogen and oxygen atoms in total. The first kappa shape index (κ1) is 4.92. The van der Waals surface area contributed by atoms with Crippen molar-refractivity contribution in [1.29, 1.82) is 0 Å². The fraction of sp³-hybridized carbons (Fsp3) is 0.500. The number of hydrogen-bond acceptors (Lipinski definition) is 4. The Morgan fingerprint density at radius 3 is 2.57 bits per heavy atom. The van der Waals surface area contributed by atoms with Gasteiger partial charge in [-0.25, -0.2) is 5.43 Å². The Labute approximate surface area is 46.6 Å². The second-order valence-corrected chi connectivity index (χ2v) is 1.64. The van der Waals surface area contributed by atoms with Gasteiger partial charge in [0, 0.05) is 0 Å².